The van der Waals surface area contributed by atoms with Crippen molar-refractivity contribution in [3.8, 4) is 0 Å². The molecular formula is C15H16Cl2N2O3S2. The van der Waals surface area contributed by atoms with Gasteiger partial charge in [-0.1, -0.05) is 41.9 Å². The number of fused-ring (bicyclic) bond motifs is 1. The van der Waals surface area contributed by atoms with Crippen LogP contribution in [0.25, 0.3) is 0 Å². The molecule has 1 aromatic rings. The number of anilines is 1. The molecule has 0 spiro atoms. The first-order chi connectivity index (χ1) is 11.3. The molecule has 2 aliphatic rings. The van der Waals surface area contributed by atoms with Crippen LogP contribution in [-0.4, -0.2) is 42.3 Å². The van der Waals surface area contributed by atoms with Gasteiger partial charge in [-0.25, -0.2) is 8.42 Å². The predicted molar refractivity (Wildman–Crippen MR) is 100 cm³/mol. The van der Waals surface area contributed by atoms with Crippen LogP contribution < -0.4 is 4.90 Å². The number of carbonyl (C=O) groups excluding carboxylic acids is 1. The fraction of sp³-hybridized carbons (Fsp3) is 0.467. The van der Waals surface area contributed by atoms with Gasteiger partial charge in [-0.3, -0.25) is 4.79 Å². The van der Waals surface area contributed by atoms with Crippen LogP contribution in [0.4, 0.5) is 5.69 Å². The van der Waals surface area contributed by atoms with Gasteiger partial charge >= 0.3 is 0 Å². The Bertz CT molecular complexity index is 791. The second kappa shape index (κ2) is 6.86. The van der Waals surface area contributed by atoms with Crippen LogP contribution in [0, 0.1) is 0 Å². The zero-order chi connectivity index (χ0) is 17.5. The molecule has 5 nitrogen and oxygen atoms in total. The first-order valence-electron chi connectivity index (χ1n) is 7.53. The van der Waals surface area contributed by atoms with Crippen LogP contribution in [0.5, 0.6) is 0 Å². The van der Waals surface area contributed by atoms with Crippen molar-refractivity contribution in [3.05, 3.63) is 28.2 Å². The first kappa shape index (κ1) is 18.0. The van der Waals surface area contributed by atoms with Gasteiger partial charge in [0.25, 0.3) is 0 Å². The summed E-state index contributed by atoms with van der Waals surface area (Å²) in [7, 11) is -3.10. The number of nitrogens with zero attached hydrogens (tertiary/aromatic N) is 2. The van der Waals surface area contributed by atoms with Crippen molar-refractivity contribution < 1.29 is 13.2 Å². The normalized spacial score (nSPS) is 26.8. The quantitative estimate of drug-likeness (QED) is 0.769. The molecule has 0 aliphatic carbocycles. The molecule has 9 heteroatoms. The number of carbonyl (C=O) groups is 1. The zero-order valence-electron chi connectivity index (χ0n) is 12.9. The van der Waals surface area contributed by atoms with Gasteiger partial charge in [0.05, 0.1) is 17.5 Å². The third kappa shape index (κ3) is 3.74. The number of amidine groups is 1. The molecule has 3 rings (SSSR count). The summed E-state index contributed by atoms with van der Waals surface area (Å²) in [4.78, 5) is 18.0. The van der Waals surface area contributed by atoms with Crippen molar-refractivity contribution in [2.75, 3.05) is 16.4 Å². The lowest BCUT2D eigenvalue weighted by molar-refractivity contribution is -0.117. The van der Waals surface area contributed by atoms with Gasteiger partial charge in [-0.05, 0) is 24.6 Å². The van der Waals surface area contributed by atoms with Gasteiger partial charge in [-0.2, -0.15) is 4.99 Å². The number of rotatable bonds is 3. The highest BCUT2D eigenvalue weighted by atomic mass is 35.5. The van der Waals surface area contributed by atoms with Crippen molar-refractivity contribution in [1.82, 2.24) is 0 Å². The predicted octanol–water partition coefficient (Wildman–Crippen LogP) is 3.39. The molecular weight excluding hydrogens is 391 g/mol. The van der Waals surface area contributed by atoms with E-state index in [0.29, 0.717) is 33.7 Å². The van der Waals surface area contributed by atoms with E-state index in [1.807, 2.05) is 6.92 Å². The van der Waals surface area contributed by atoms with E-state index < -0.39 is 9.84 Å². The lowest BCUT2D eigenvalue weighted by Gasteiger charge is -2.24. The topological polar surface area (TPSA) is 66.8 Å². The molecule has 0 N–H and O–H groups in total. The Labute approximate surface area is 155 Å². The van der Waals surface area contributed by atoms with E-state index in [4.69, 9.17) is 23.2 Å². The number of hydrogen-bond donors (Lipinski definition) is 0. The van der Waals surface area contributed by atoms with E-state index in [2.05, 4.69) is 4.99 Å². The van der Waals surface area contributed by atoms with Crippen LogP contribution in [0.2, 0.25) is 10.0 Å². The minimum absolute atomic E-state index is 0.0375. The van der Waals surface area contributed by atoms with E-state index in [1.54, 1.807) is 23.1 Å². The summed E-state index contributed by atoms with van der Waals surface area (Å²) in [5.41, 5.74) is 0.660. The smallest absolute Gasteiger partial charge is 0.248 e. The van der Waals surface area contributed by atoms with Gasteiger partial charge in [0, 0.05) is 27.4 Å². The maximum absolute atomic E-state index is 12.0. The van der Waals surface area contributed by atoms with Crippen LogP contribution in [-0.2, 0) is 14.6 Å². The number of hydrogen-bond acceptors (Lipinski definition) is 4. The van der Waals surface area contributed by atoms with Gasteiger partial charge < -0.3 is 4.90 Å². The third-order valence-electron chi connectivity index (χ3n) is 3.88. The standard InChI is InChI=1S/C15H16Cl2N2O3S2/c1-2-3-14(20)18-15-19(11-5-9(16)4-10(17)6-11)12-7-24(21,22)8-13(12)23-15/h4-6,12-13H,2-3,7-8H2,1H3. The molecule has 24 heavy (non-hydrogen) atoms. The third-order valence-corrected chi connectivity index (χ3v) is 7.52. The Morgan fingerprint density at radius 3 is 2.58 bits per heavy atom. The highest BCUT2D eigenvalue weighted by Gasteiger charge is 2.49. The molecule has 2 unspecified atom stereocenters. The molecule has 2 fully saturated rings. The van der Waals surface area contributed by atoms with Crippen molar-refractivity contribution in [1.29, 1.82) is 0 Å². The molecule has 0 saturated carbocycles. The van der Waals surface area contributed by atoms with Gasteiger partial charge in [0.1, 0.15) is 0 Å². The Kier molecular flexibility index (Phi) is 5.16. The van der Waals surface area contributed by atoms with E-state index in [0.717, 1.165) is 0 Å². The largest absolute Gasteiger partial charge is 0.315 e. The number of aliphatic imine (C=N–C) groups is 1. The monoisotopic (exact) mass is 406 g/mol. The second-order valence-corrected chi connectivity index (χ2v) is 10.1. The molecule has 1 amide bonds. The molecule has 130 valence electrons. The van der Waals surface area contributed by atoms with Crippen LogP contribution in [0.3, 0.4) is 0 Å². The average molecular weight is 407 g/mol. The summed E-state index contributed by atoms with van der Waals surface area (Å²) in [6, 6.07) is 4.77. The summed E-state index contributed by atoms with van der Waals surface area (Å²) in [6.07, 6.45) is 1.08. The maximum Gasteiger partial charge on any atom is 0.248 e. The Hall–Kier alpha value is -0.760. The highest BCUT2D eigenvalue weighted by Crippen LogP contribution is 2.42. The number of amides is 1. The Morgan fingerprint density at radius 1 is 1.29 bits per heavy atom. The number of thioether (sulfide) groups is 1. The summed E-state index contributed by atoms with van der Waals surface area (Å²) >= 11 is 13.5. The summed E-state index contributed by atoms with van der Waals surface area (Å²) in [6.45, 7) is 1.91. The molecule has 0 aromatic heterocycles. The summed E-state index contributed by atoms with van der Waals surface area (Å²) in [5.74, 6) is -0.0786. The number of benzene rings is 1. The van der Waals surface area contributed by atoms with Gasteiger partial charge in [0.2, 0.25) is 5.91 Å². The minimum atomic E-state index is -3.10. The van der Waals surface area contributed by atoms with Crippen LogP contribution in [0.1, 0.15) is 19.8 Å². The van der Waals surface area contributed by atoms with E-state index in [-0.39, 0.29) is 28.7 Å². The van der Waals surface area contributed by atoms with Crippen LogP contribution in [0.15, 0.2) is 23.2 Å². The molecule has 0 radical (unpaired) electrons. The lowest BCUT2D eigenvalue weighted by Crippen LogP contribution is -2.37. The van der Waals surface area contributed by atoms with Crippen molar-refractivity contribution in [2.24, 2.45) is 4.99 Å². The van der Waals surface area contributed by atoms with Crippen LogP contribution >= 0.6 is 35.0 Å². The Morgan fingerprint density at radius 2 is 1.96 bits per heavy atom. The lowest BCUT2D eigenvalue weighted by atomic mass is 10.2. The maximum atomic E-state index is 12.0. The SMILES string of the molecule is CCCC(=O)N=C1SC2CS(=O)(=O)CC2N1c1cc(Cl)cc(Cl)c1. The molecule has 2 aliphatic heterocycles. The van der Waals surface area contributed by atoms with Crippen molar-refractivity contribution >= 4 is 61.6 Å². The second-order valence-electron chi connectivity index (χ2n) is 5.84. The summed E-state index contributed by atoms with van der Waals surface area (Å²) < 4.78 is 24.0. The number of sulfone groups is 1. The van der Waals surface area contributed by atoms with E-state index >= 15 is 0 Å². The highest BCUT2D eigenvalue weighted by molar-refractivity contribution is 8.16. The fourth-order valence-electron chi connectivity index (χ4n) is 2.92. The van der Waals surface area contributed by atoms with Crippen molar-refractivity contribution in [2.45, 2.75) is 31.1 Å². The first-order valence-corrected chi connectivity index (χ1v) is 11.0. The van der Waals surface area contributed by atoms with Crippen molar-refractivity contribution in [3.63, 3.8) is 0 Å². The molecule has 2 heterocycles. The molecule has 2 saturated heterocycles. The molecule has 2 atom stereocenters. The van der Waals surface area contributed by atoms with Gasteiger partial charge in [0.15, 0.2) is 15.0 Å². The van der Waals surface area contributed by atoms with E-state index in [1.165, 1.54) is 11.8 Å². The summed E-state index contributed by atoms with van der Waals surface area (Å²) in [5, 5.41) is 1.29. The minimum Gasteiger partial charge on any atom is -0.315 e. The zero-order valence-corrected chi connectivity index (χ0v) is 16.1. The molecule has 1 aromatic carbocycles. The average Bonchev–Trinajstić information content (AvgIpc) is 2.88. The Balaban J connectivity index is 2.02. The fourth-order valence-corrected chi connectivity index (χ4v) is 7.37. The molecule has 0 bridgehead atoms. The number of halogens is 2. The van der Waals surface area contributed by atoms with E-state index in [9.17, 15) is 13.2 Å². The van der Waals surface area contributed by atoms with Gasteiger partial charge in [-0.15, -0.1) is 0 Å².